The maximum absolute atomic E-state index is 12.7. The van der Waals surface area contributed by atoms with Crippen molar-refractivity contribution in [1.29, 1.82) is 0 Å². The number of amides is 1. The quantitative estimate of drug-likeness (QED) is 0.918. The minimum atomic E-state index is 0.0367. The van der Waals surface area contributed by atoms with Crippen molar-refractivity contribution >= 4 is 5.91 Å². The van der Waals surface area contributed by atoms with Crippen LogP contribution in [-0.2, 0) is 6.54 Å². The van der Waals surface area contributed by atoms with E-state index in [2.05, 4.69) is 10.2 Å². The van der Waals surface area contributed by atoms with Crippen LogP contribution in [0, 0.1) is 6.92 Å². The van der Waals surface area contributed by atoms with E-state index in [-0.39, 0.29) is 5.91 Å². The SMILES string of the molecule is COc1ccccc1CN(C(=O)c1cn[nH]c1C)C1CC1. The van der Waals surface area contributed by atoms with Crippen molar-refractivity contribution in [1.82, 2.24) is 15.1 Å². The second kappa shape index (κ2) is 5.60. The third-order valence-electron chi connectivity index (χ3n) is 3.84. The van der Waals surface area contributed by atoms with Crippen LogP contribution in [0.1, 0.15) is 34.5 Å². The van der Waals surface area contributed by atoms with Gasteiger partial charge in [0.2, 0.25) is 0 Å². The van der Waals surface area contributed by atoms with Crippen LogP contribution >= 0.6 is 0 Å². The van der Waals surface area contributed by atoms with Crippen LogP contribution in [0.2, 0.25) is 0 Å². The molecule has 1 N–H and O–H groups in total. The summed E-state index contributed by atoms with van der Waals surface area (Å²) in [4.78, 5) is 14.7. The average Bonchev–Trinajstić information content (AvgIpc) is 3.25. The number of hydrogen-bond acceptors (Lipinski definition) is 3. The first-order valence-corrected chi connectivity index (χ1v) is 7.13. The maximum atomic E-state index is 12.7. The molecule has 1 fully saturated rings. The van der Waals surface area contributed by atoms with Crippen molar-refractivity contribution in [3.8, 4) is 5.75 Å². The standard InChI is InChI=1S/C16H19N3O2/c1-11-14(9-17-18-11)16(20)19(13-7-8-13)10-12-5-3-4-6-15(12)21-2/h3-6,9,13H,7-8,10H2,1-2H3,(H,17,18). The van der Waals surface area contributed by atoms with Gasteiger partial charge in [-0.15, -0.1) is 0 Å². The summed E-state index contributed by atoms with van der Waals surface area (Å²) >= 11 is 0. The molecule has 2 aromatic rings. The number of carbonyl (C=O) groups is 1. The number of aromatic amines is 1. The van der Waals surface area contributed by atoms with E-state index in [1.807, 2.05) is 36.1 Å². The normalized spacial score (nSPS) is 14.0. The van der Waals surface area contributed by atoms with Gasteiger partial charge in [0.25, 0.3) is 5.91 Å². The molecule has 1 aromatic carbocycles. The molecule has 1 heterocycles. The molecule has 0 bridgehead atoms. The molecule has 3 rings (SSSR count). The van der Waals surface area contributed by atoms with E-state index in [0.717, 1.165) is 29.8 Å². The first-order chi connectivity index (χ1) is 10.2. The zero-order chi connectivity index (χ0) is 14.8. The Kier molecular flexibility index (Phi) is 3.64. The Morgan fingerprint density at radius 1 is 1.43 bits per heavy atom. The highest BCUT2D eigenvalue weighted by Gasteiger charge is 2.34. The van der Waals surface area contributed by atoms with Crippen molar-refractivity contribution < 1.29 is 9.53 Å². The highest BCUT2D eigenvalue weighted by molar-refractivity contribution is 5.95. The lowest BCUT2D eigenvalue weighted by molar-refractivity contribution is 0.0728. The third kappa shape index (κ3) is 2.77. The predicted molar refractivity (Wildman–Crippen MR) is 79.2 cm³/mol. The molecule has 0 atom stereocenters. The van der Waals surface area contributed by atoms with E-state index in [1.165, 1.54) is 0 Å². The zero-order valence-corrected chi connectivity index (χ0v) is 12.3. The lowest BCUT2D eigenvalue weighted by Crippen LogP contribution is -2.33. The van der Waals surface area contributed by atoms with Crippen molar-refractivity contribution in [3.05, 3.63) is 47.3 Å². The molecule has 5 heteroatoms. The number of carbonyl (C=O) groups excluding carboxylic acids is 1. The van der Waals surface area contributed by atoms with Gasteiger partial charge in [0, 0.05) is 23.8 Å². The van der Waals surface area contributed by atoms with Crippen molar-refractivity contribution in [2.75, 3.05) is 7.11 Å². The lowest BCUT2D eigenvalue weighted by Gasteiger charge is -2.23. The summed E-state index contributed by atoms with van der Waals surface area (Å²) in [6.45, 7) is 2.44. The van der Waals surface area contributed by atoms with Crippen LogP contribution in [0.15, 0.2) is 30.5 Å². The summed E-state index contributed by atoms with van der Waals surface area (Å²) in [5, 5.41) is 6.78. The summed E-state index contributed by atoms with van der Waals surface area (Å²) in [5.74, 6) is 0.856. The summed E-state index contributed by atoms with van der Waals surface area (Å²) in [7, 11) is 1.66. The van der Waals surface area contributed by atoms with Gasteiger partial charge in [0.1, 0.15) is 5.75 Å². The summed E-state index contributed by atoms with van der Waals surface area (Å²) < 4.78 is 5.38. The fourth-order valence-corrected chi connectivity index (χ4v) is 2.49. The minimum absolute atomic E-state index is 0.0367. The largest absolute Gasteiger partial charge is 0.496 e. The smallest absolute Gasteiger partial charge is 0.257 e. The first-order valence-electron chi connectivity index (χ1n) is 7.13. The number of nitrogens with zero attached hydrogens (tertiary/aromatic N) is 2. The Labute approximate surface area is 123 Å². The Morgan fingerprint density at radius 2 is 2.19 bits per heavy atom. The number of aryl methyl sites for hydroxylation is 1. The molecule has 0 aliphatic heterocycles. The minimum Gasteiger partial charge on any atom is -0.496 e. The average molecular weight is 285 g/mol. The zero-order valence-electron chi connectivity index (χ0n) is 12.3. The monoisotopic (exact) mass is 285 g/mol. The van der Waals surface area contributed by atoms with E-state index in [9.17, 15) is 4.79 Å². The van der Waals surface area contributed by atoms with Gasteiger partial charge in [-0.1, -0.05) is 18.2 Å². The topological polar surface area (TPSA) is 58.2 Å². The van der Waals surface area contributed by atoms with E-state index in [1.54, 1.807) is 13.3 Å². The molecule has 5 nitrogen and oxygen atoms in total. The molecule has 1 aromatic heterocycles. The summed E-state index contributed by atoms with van der Waals surface area (Å²) in [6, 6.07) is 8.16. The predicted octanol–water partition coefficient (Wildman–Crippen LogP) is 2.53. The third-order valence-corrected chi connectivity index (χ3v) is 3.84. The van der Waals surface area contributed by atoms with E-state index in [4.69, 9.17) is 4.74 Å². The van der Waals surface area contributed by atoms with Gasteiger partial charge in [-0.2, -0.15) is 5.10 Å². The molecular formula is C16H19N3O2. The lowest BCUT2D eigenvalue weighted by atomic mass is 10.1. The van der Waals surface area contributed by atoms with E-state index >= 15 is 0 Å². The van der Waals surface area contributed by atoms with Gasteiger partial charge in [-0.25, -0.2) is 0 Å². The van der Waals surface area contributed by atoms with Gasteiger partial charge in [0.05, 0.1) is 18.9 Å². The Hall–Kier alpha value is -2.30. The molecule has 0 radical (unpaired) electrons. The number of aromatic nitrogens is 2. The van der Waals surface area contributed by atoms with Crippen molar-refractivity contribution in [3.63, 3.8) is 0 Å². The Balaban J connectivity index is 1.86. The number of ether oxygens (including phenoxy) is 1. The fourth-order valence-electron chi connectivity index (χ4n) is 2.49. The molecule has 0 unspecified atom stereocenters. The number of benzene rings is 1. The molecule has 1 saturated carbocycles. The number of nitrogens with one attached hydrogen (secondary N) is 1. The molecular weight excluding hydrogens is 266 g/mol. The number of para-hydroxylation sites is 1. The highest BCUT2D eigenvalue weighted by Crippen LogP contribution is 2.31. The van der Waals surface area contributed by atoms with E-state index < -0.39 is 0 Å². The number of methoxy groups -OCH3 is 1. The van der Waals surface area contributed by atoms with Crippen LogP contribution in [0.3, 0.4) is 0 Å². The van der Waals surface area contributed by atoms with Gasteiger partial charge in [0.15, 0.2) is 0 Å². The van der Waals surface area contributed by atoms with Crippen molar-refractivity contribution in [2.24, 2.45) is 0 Å². The van der Waals surface area contributed by atoms with Crippen LogP contribution < -0.4 is 4.74 Å². The molecule has 110 valence electrons. The number of hydrogen-bond donors (Lipinski definition) is 1. The number of rotatable bonds is 5. The second-order valence-corrected chi connectivity index (χ2v) is 5.38. The molecule has 21 heavy (non-hydrogen) atoms. The molecule has 1 aliphatic carbocycles. The van der Waals surface area contributed by atoms with Gasteiger partial charge in [-0.05, 0) is 25.8 Å². The van der Waals surface area contributed by atoms with E-state index in [0.29, 0.717) is 18.2 Å². The fraction of sp³-hybridized carbons (Fsp3) is 0.375. The Morgan fingerprint density at radius 3 is 2.81 bits per heavy atom. The molecule has 0 saturated heterocycles. The first kappa shape index (κ1) is 13.7. The van der Waals surface area contributed by atoms with Gasteiger partial charge < -0.3 is 9.64 Å². The highest BCUT2D eigenvalue weighted by atomic mass is 16.5. The van der Waals surface area contributed by atoms with Crippen LogP contribution in [0.5, 0.6) is 5.75 Å². The maximum Gasteiger partial charge on any atom is 0.257 e. The van der Waals surface area contributed by atoms with Gasteiger partial charge in [-0.3, -0.25) is 9.89 Å². The van der Waals surface area contributed by atoms with Crippen LogP contribution in [-0.4, -0.2) is 34.2 Å². The Bertz CT molecular complexity index is 646. The molecule has 1 aliphatic rings. The van der Waals surface area contributed by atoms with Crippen molar-refractivity contribution in [2.45, 2.75) is 32.4 Å². The number of H-pyrrole nitrogens is 1. The summed E-state index contributed by atoms with van der Waals surface area (Å²) in [6.07, 6.45) is 3.74. The summed E-state index contributed by atoms with van der Waals surface area (Å²) in [5.41, 5.74) is 2.49. The van der Waals surface area contributed by atoms with Gasteiger partial charge >= 0.3 is 0 Å². The molecule has 0 spiro atoms. The second-order valence-electron chi connectivity index (χ2n) is 5.38. The van der Waals surface area contributed by atoms with Crippen LogP contribution in [0.4, 0.5) is 0 Å². The van der Waals surface area contributed by atoms with Crippen LogP contribution in [0.25, 0.3) is 0 Å². The molecule has 1 amide bonds.